The van der Waals surface area contributed by atoms with E-state index in [-0.39, 0.29) is 11.9 Å². The number of hydrogen-bond acceptors (Lipinski definition) is 3. The summed E-state index contributed by atoms with van der Waals surface area (Å²) in [6.07, 6.45) is 3.22. The number of amides is 1. The Hall–Kier alpha value is -2.20. The van der Waals surface area contributed by atoms with Crippen LogP contribution in [0.4, 0.5) is 5.82 Å². The van der Waals surface area contributed by atoms with E-state index in [2.05, 4.69) is 48.1 Å². The Labute approximate surface area is 145 Å². The first kappa shape index (κ1) is 18.1. The number of carbonyl (C=O) groups is 1. The van der Waals surface area contributed by atoms with E-state index in [1.54, 1.807) is 11.1 Å². The van der Waals surface area contributed by atoms with Crippen molar-refractivity contribution in [2.24, 2.45) is 0 Å². The first-order valence-corrected chi connectivity index (χ1v) is 8.57. The standard InChI is InChI=1S/C20H27N3O/c1-4-20(24)23(19-12-8-9-14-21-19)16-17(2)22(3)15-13-18-10-6-5-7-11-18/h5-12,14,17H,4,13,15-16H2,1-3H3. The van der Waals surface area contributed by atoms with Crippen LogP contribution in [-0.2, 0) is 11.2 Å². The zero-order valence-electron chi connectivity index (χ0n) is 14.9. The molecule has 0 N–H and O–H groups in total. The molecule has 1 aromatic heterocycles. The number of rotatable bonds is 8. The third kappa shape index (κ3) is 5.17. The lowest BCUT2D eigenvalue weighted by Crippen LogP contribution is -2.44. The van der Waals surface area contributed by atoms with Crippen LogP contribution in [0.3, 0.4) is 0 Å². The monoisotopic (exact) mass is 325 g/mol. The highest BCUT2D eigenvalue weighted by Crippen LogP contribution is 2.13. The van der Waals surface area contributed by atoms with Gasteiger partial charge in [-0.2, -0.15) is 0 Å². The zero-order chi connectivity index (χ0) is 17.4. The van der Waals surface area contributed by atoms with Gasteiger partial charge >= 0.3 is 0 Å². The molecule has 0 aliphatic rings. The number of pyridine rings is 1. The number of benzene rings is 1. The van der Waals surface area contributed by atoms with E-state index in [4.69, 9.17) is 0 Å². The van der Waals surface area contributed by atoms with Crippen molar-refractivity contribution in [1.29, 1.82) is 0 Å². The summed E-state index contributed by atoms with van der Waals surface area (Å²) >= 11 is 0. The molecule has 2 rings (SSSR count). The second-order valence-corrected chi connectivity index (χ2v) is 6.11. The maximum Gasteiger partial charge on any atom is 0.227 e. The third-order valence-corrected chi connectivity index (χ3v) is 4.32. The number of carbonyl (C=O) groups excluding carboxylic acids is 1. The summed E-state index contributed by atoms with van der Waals surface area (Å²) in [5.41, 5.74) is 1.34. The summed E-state index contributed by atoms with van der Waals surface area (Å²) < 4.78 is 0. The van der Waals surface area contributed by atoms with Crippen molar-refractivity contribution in [1.82, 2.24) is 9.88 Å². The summed E-state index contributed by atoms with van der Waals surface area (Å²) in [5, 5.41) is 0. The minimum atomic E-state index is 0.108. The molecular formula is C20H27N3O. The Balaban J connectivity index is 1.96. The molecule has 4 heteroatoms. The molecule has 0 radical (unpaired) electrons. The quantitative estimate of drug-likeness (QED) is 0.746. The smallest absolute Gasteiger partial charge is 0.227 e. The maximum absolute atomic E-state index is 12.3. The molecule has 1 unspecified atom stereocenters. The molecule has 1 amide bonds. The molecule has 1 atom stereocenters. The molecule has 0 aliphatic carbocycles. The average molecular weight is 325 g/mol. The lowest BCUT2D eigenvalue weighted by atomic mass is 10.1. The lowest BCUT2D eigenvalue weighted by Gasteiger charge is -2.30. The number of likely N-dealkylation sites (N-methyl/N-ethyl adjacent to an activating group) is 1. The molecule has 0 fully saturated rings. The van der Waals surface area contributed by atoms with Crippen LogP contribution in [0.15, 0.2) is 54.7 Å². The summed E-state index contributed by atoms with van der Waals surface area (Å²) in [5.74, 6) is 0.838. The Kier molecular flexibility index (Phi) is 6.94. The van der Waals surface area contributed by atoms with Crippen molar-refractivity contribution < 1.29 is 4.79 Å². The van der Waals surface area contributed by atoms with Crippen molar-refractivity contribution in [3.8, 4) is 0 Å². The van der Waals surface area contributed by atoms with Gasteiger partial charge in [0.15, 0.2) is 0 Å². The fourth-order valence-corrected chi connectivity index (χ4v) is 2.60. The van der Waals surface area contributed by atoms with Crippen LogP contribution < -0.4 is 4.90 Å². The van der Waals surface area contributed by atoms with Crippen LogP contribution >= 0.6 is 0 Å². The number of anilines is 1. The van der Waals surface area contributed by atoms with Gasteiger partial charge in [-0.15, -0.1) is 0 Å². The fourth-order valence-electron chi connectivity index (χ4n) is 2.60. The third-order valence-electron chi connectivity index (χ3n) is 4.32. The second kappa shape index (κ2) is 9.18. The van der Waals surface area contributed by atoms with Gasteiger partial charge in [-0.25, -0.2) is 4.98 Å². The molecule has 0 saturated carbocycles. The summed E-state index contributed by atoms with van der Waals surface area (Å²) in [6, 6.07) is 16.4. The lowest BCUT2D eigenvalue weighted by molar-refractivity contribution is -0.118. The van der Waals surface area contributed by atoms with Gasteiger partial charge < -0.3 is 4.90 Å². The predicted molar refractivity (Wildman–Crippen MR) is 99.1 cm³/mol. The van der Waals surface area contributed by atoms with E-state index in [0.717, 1.165) is 18.8 Å². The molecule has 1 aromatic carbocycles. The van der Waals surface area contributed by atoms with E-state index in [9.17, 15) is 4.79 Å². The van der Waals surface area contributed by atoms with Crippen LogP contribution in [0, 0.1) is 0 Å². The Bertz CT molecular complexity index is 615. The summed E-state index contributed by atoms with van der Waals surface area (Å²) in [7, 11) is 2.11. The van der Waals surface area contributed by atoms with Gasteiger partial charge in [-0.3, -0.25) is 9.69 Å². The van der Waals surface area contributed by atoms with Crippen molar-refractivity contribution in [3.63, 3.8) is 0 Å². The normalized spacial score (nSPS) is 12.2. The first-order valence-electron chi connectivity index (χ1n) is 8.57. The van der Waals surface area contributed by atoms with E-state index >= 15 is 0 Å². The van der Waals surface area contributed by atoms with Crippen molar-refractivity contribution in [3.05, 3.63) is 60.3 Å². The van der Waals surface area contributed by atoms with Crippen LogP contribution in [0.25, 0.3) is 0 Å². The van der Waals surface area contributed by atoms with E-state index in [0.29, 0.717) is 13.0 Å². The van der Waals surface area contributed by atoms with Gasteiger partial charge in [0.25, 0.3) is 0 Å². The molecule has 24 heavy (non-hydrogen) atoms. The van der Waals surface area contributed by atoms with E-state index in [1.807, 2.05) is 31.2 Å². The van der Waals surface area contributed by atoms with Crippen LogP contribution in [0.1, 0.15) is 25.8 Å². The summed E-state index contributed by atoms with van der Waals surface area (Å²) in [4.78, 5) is 20.8. The van der Waals surface area contributed by atoms with Gasteiger partial charge in [0.1, 0.15) is 5.82 Å². The molecule has 0 bridgehead atoms. The van der Waals surface area contributed by atoms with Gasteiger partial charge in [-0.05, 0) is 38.1 Å². The SMILES string of the molecule is CCC(=O)N(CC(C)N(C)CCc1ccccc1)c1ccccn1. The van der Waals surface area contributed by atoms with Crippen LogP contribution in [0.2, 0.25) is 0 Å². The molecule has 128 valence electrons. The molecule has 0 spiro atoms. The molecule has 4 nitrogen and oxygen atoms in total. The molecule has 0 saturated heterocycles. The van der Waals surface area contributed by atoms with Gasteiger partial charge in [0, 0.05) is 31.7 Å². The Morgan fingerprint density at radius 2 is 1.83 bits per heavy atom. The molecular weight excluding hydrogens is 298 g/mol. The van der Waals surface area contributed by atoms with Gasteiger partial charge in [0.2, 0.25) is 5.91 Å². The van der Waals surface area contributed by atoms with E-state index < -0.39 is 0 Å². The topological polar surface area (TPSA) is 36.4 Å². The summed E-state index contributed by atoms with van der Waals surface area (Å²) in [6.45, 7) is 5.66. The molecule has 0 aliphatic heterocycles. The number of aromatic nitrogens is 1. The van der Waals surface area contributed by atoms with Crippen LogP contribution in [-0.4, -0.2) is 42.0 Å². The highest BCUT2D eigenvalue weighted by atomic mass is 16.2. The van der Waals surface area contributed by atoms with Crippen molar-refractivity contribution in [2.45, 2.75) is 32.7 Å². The Morgan fingerprint density at radius 1 is 1.12 bits per heavy atom. The Morgan fingerprint density at radius 3 is 2.46 bits per heavy atom. The largest absolute Gasteiger partial charge is 0.302 e. The first-order chi connectivity index (χ1) is 11.6. The highest BCUT2D eigenvalue weighted by Gasteiger charge is 2.20. The van der Waals surface area contributed by atoms with Crippen molar-refractivity contribution >= 4 is 11.7 Å². The highest BCUT2D eigenvalue weighted by molar-refractivity contribution is 5.92. The minimum Gasteiger partial charge on any atom is -0.302 e. The van der Waals surface area contributed by atoms with Gasteiger partial charge in [-0.1, -0.05) is 43.3 Å². The number of hydrogen-bond donors (Lipinski definition) is 0. The van der Waals surface area contributed by atoms with E-state index in [1.165, 1.54) is 5.56 Å². The zero-order valence-corrected chi connectivity index (χ0v) is 14.9. The minimum absolute atomic E-state index is 0.108. The number of nitrogens with zero attached hydrogens (tertiary/aromatic N) is 3. The average Bonchev–Trinajstić information content (AvgIpc) is 2.64. The van der Waals surface area contributed by atoms with Gasteiger partial charge in [0.05, 0.1) is 0 Å². The maximum atomic E-state index is 12.3. The fraction of sp³-hybridized carbons (Fsp3) is 0.400. The molecule has 1 heterocycles. The molecule has 2 aromatic rings. The second-order valence-electron chi connectivity index (χ2n) is 6.11. The van der Waals surface area contributed by atoms with Crippen LogP contribution in [0.5, 0.6) is 0 Å². The van der Waals surface area contributed by atoms with Crippen molar-refractivity contribution in [2.75, 3.05) is 25.0 Å². The predicted octanol–water partition coefficient (Wildman–Crippen LogP) is 3.39.